The van der Waals surface area contributed by atoms with Crippen LogP contribution in [-0.4, -0.2) is 31.5 Å². The topological polar surface area (TPSA) is 71.4 Å². The predicted octanol–water partition coefficient (Wildman–Crippen LogP) is 1.88. The van der Waals surface area contributed by atoms with Crippen molar-refractivity contribution >= 4 is 33.6 Å². The Morgan fingerprint density at radius 2 is 2.12 bits per heavy atom. The lowest BCUT2D eigenvalue weighted by Gasteiger charge is -2.05. The molecule has 0 aliphatic carbocycles. The summed E-state index contributed by atoms with van der Waals surface area (Å²) in [5, 5.41) is 9.00. The fourth-order valence-corrected chi connectivity index (χ4v) is 4.55. The van der Waals surface area contributed by atoms with Crippen LogP contribution in [0.15, 0.2) is 28.0 Å². The molecule has 17 heavy (non-hydrogen) atoms. The maximum atomic E-state index is 12.2. The Bertz CT molecular complexity index is 614. The molecule has 0 amide bonds. The molecule has 1 aromatic carbocycles. The van der Waals surface area contributed by atoms with Crippen LogP contribution in [0.4, 0.5) is 0 Å². The monoisotopic (exact) mass is 270 g/mol. The first-order valence-electron chi connectivity index (χ1n) is 4.79. The second-order valence-electron chi connectivity index (χ2n) is 3.58. The Hall–Kier alpha value is -1.27. The first kappa shape index (κ1) is 12.2. The fourth-order valence-electron chi connectivity index (χ4n) is 1.78. The van der Waals surface area contributed by atoms with Crippen LogP contribution in [-0.2, 0) is 9.84 Å². The summed E-state index contributed by atoms with van der Waals surface area (Å²) in [5.41, 5.74) is 0.309. The molecular weight excluding hydrogens is 260 g/mol. The van der Waals surface area contributed by atoms with E-state index in [4.69, 9.17) is 5.11 Å². The SMILES string of the molecule is CSCC1=Cc2cccc(C(=O)O)c2S1(=O)=O. The Balaban J connectivity index is 2.67. The maximum Gasteiger partial charge on any atom is 0.337 e. The molecule has 1 N–H and O–H groups in total. The zero-order valence-corrected chi connectivity index (χ0v) is 10.6. The Labute approximate surface area is 103 Å². The fraction of sp³-hybridized carbons (Fsp3) is 0.182. The average Bonchev–Trinajstić information content (AvgIpc) is 2.51. The minimum atomic E-state index is -3.62. The lowest BCUT2D eigenvalue weighted by atomic mass is 10.1. The summed E-state index contributed by atoms with van der Waals surface area (Å²) >= 11 is 1.39. The van der Waals surface area contributed by atoms with E-state index in [1.54, 1.807) is 24.5 Å². The quantitative estimate of drug-likeness (QED) is 0.908. The zero-order valence-electron chi connectivity index (χ0n) is 9.00. The van der Waals surface area contributed by atoms with Crippen molar-refractivity contribution in [3.63, 3.8) is 0 Å². The second kappa shape index (κ2) is 4.19. The van der Waals surface area contributed by atoms with Crippen LogP contribution in [0.2, 0.25) is 0 Å². The van der Waals surface area contributed by atoms with E-state index < -0.39 is 15.8 Å². The number of hydrogen-bond donors (Lipinski definition) is 1. The number of benzene rings is 1. The Morgan fingerprint density at radius 3 is 2.71 bits per heavy atom. The van der Waals surface area contributed by atoms with Gasteiger partial charge < -0.3 is 5.11 Å². The molecule has 0 fully saturated rings. The van der Waals surface area contributed by atoms with Crippen molar-refractivity contribution in [2.75, 3.05) is 12.0 Å². The predicted molar refractivity (Wildman–Crippen MR) is 66.9 cm³/mol. The molecule has 1 aromatic rings. The van der Waals surface area contributed by atoms with Gasteiger partial charge in [0.25, 0.3) is 0 Å². The van der Waals surface area contributed by atoms with Crippen LogP contribution in [0.1, 0.15) is 15.9 Å². The van der Waals surface area contributed by atoms with Crippen molar-refractivity contribution in [1.82, 2.24) is 0 Å². The van der Waals surface area contributed by atoms with Gasteiger partial charge in [-0.15, -0.1) is 0 Å². The third-order valence-electron chi connectivity index (χ3n) is 2.49. The van der Waals surface area contributed by atoms with Crippen LogP contribution in [0.5, 0.6) is 0 Å². The molecule has 4 nitrogen and oxygen atoms in total. The van der Waals surface area contributed by atoms with Gasteiger partial charge in [0.15, 0.2) is 0 Å². The molecule has 0 radical (unpaired) electrons. The van der Waals surface area contributed by atoms with E-state index in [1.165, 1.54) is 17.8 Å². The molecule has 1 heterocycles. The number of hydrogen-bond acceptors (Lipinski definition) is 4. The molecule has 0 atom stereocenters. The first-order valence-corrected chi connectivity index (χ1v) is 7.67. The van der Waals surface area contributed by atoms with Crippen molar-refractivity contribution in [3.05, 3.63) is 34.2 Å². The summed E-state index contributed by atoms with van der Waals surface area (Å²) in [5.74, 6) is -0.861. The highest BCUT2D eigenvalue weighted by atomic mass is 32.2. The summed E-state index contributed by atoms with van der Waals surface area (Å²) < 4.78 is 24.3. The molecule has 0 unspecified atom stereocenters. The standard InChI is InChI=1S/C11H10O4S2/c1-16-6-8-5-7-3-2-4-9(11(12)13)10(7)17(8,14)15/h2-5H,6H2,1H3,(H,12,13). The summed E-state index contributed by atoms with van der Waals surface area (Å²) in [6.45, 7) is 0. The largest absolute Gasteiger partial charge is 0.478 e. The smallest absolute Gasteiger partial charge is 0.337 e. The normalized spacial score (nSPS) is 16.4. The van der Waals surface area contributed by atoms with Gasteiger partial charge in [-0.3, -0.25) is 0 Å². The van der Waals surface area contributed by atoms with Gasteiger partial charge >= 0.3 is 5.97 Å². The number of carboxylic acids is 1. The second-order valence-corrected chi connectivity index (χ2v) is 6.38. The number of carboxylic acid groups (broad SMARTS) is 1. The summed E-state index contributed by atoms with van der Waals surface area (Å²) in [6.07, 6.45) is 3.35. The molecule has 6 heteroatoms. The number of aromatic carboxylic acids is 1. The van der Waals surface area contributed by atoms with Crippen LogP contribution in [0.25, 0.3) is 6.08 Å². The molecule has 90 valence electrons. The minimum absolute atomic E-state index is 0.0726. The van der Waals surface area contributed by atoms with E-state index >= 15 is 0 Å². The lowest BCUT2D eigenvalue weighted by molar-refractivity contribution is 0.0692. The van der Waals surface area contributed by atoms with Gasteiger partial charge in [-0.25, -0.2) is 13.2 Å². The summed E-state index contributed by atoms with van der Waals surface area (Å²) in [7, 11) is -3.62. The van der Waals surface area contributed by atoms with E-state index in [1.807, 2.05) is 0 Å². The van der Waals surface area contributed by atoms with Crippen molar-refractivity contribution < 1.29 is 18.3 Å². The van der Waals surface area contributed by atoms with E-state index in [2.05, 4.69) is 0 Å². The third kappa shape index (κ3) is 1.87. The Kier molecular flexibility index (Phi) is 3.01. The molecule has 0 aromatic heterocycles. The third-order valence-corrected chi connectivity index (χ3v) is 5.22. The Morgan fingerprint density at radius 1 is 1.41 bits per heavy atom. The van der Waals surface area contributed by atoms with E-state index in [0.717, 1.165) is 0 Å². The van der Waals surface area contributed by atoms with Crippen molar-refractivity contribution in [3.8, 4) is 0 Å². The first-order chi connectivity index (χ1) is 7.98. The van der Waals surface area contributed by atoms with Crippen molar-refractivity contribution in [1.29, 1.82) is 0 Å². The molecular formula is C11H10O4S2. The molecule has 0 saturated heterocycles. The molecule has 1 aliphatic heterocycles. The average molecular weight is 270 g/mol. The molecule has 2 rings (SSSR count). The van der Waals surface area contributed by atoms with Gasteiger partial charge in [0.2, 0.25) is 9.84 Å². The lowest BCUT2D eigenvalue weighted by Crippen LogP contribution is -2.09. The maximum absolute atomic E-state index is 12.2. The minimum Gasteiger partial charge on any atom is -0.478 e. The highest BCUT2D eigenvalue weighted by molar-refractivity contribution is 8.01. The van der Waals surface area contributed by atoms with Crippen LogP contribution in [0.3, 0.4) is 0 Å². The highest BCUT2D eigenvalue weighted by Crippen LogP contribution is 2.36. The summed E-state index contributed by atoms with van der Waals surface area (Å²) in [4.78, 5) is 11.2. The molecule has 0 spiro atoms. The van der Waals surface area contributed by atoms with E-state index in [9.17, 15) is 13.2 Å². The number of thioether (sulfide) groups is 1. The number of fused-ring (bicyclic) bond motifs is 1. The van der Waals surface area contributed by atoms with Gasteiger partial charge in [0, 0.05) is 5.75 Å². The van der Waals surface area contributed by atoms with Gasteiger partial charge in [0.1, 0.15) is 0 Å². The van der Waals surface area contributed by atoms with Crippen LogP contribution < -0.4 is 0 Å². The van der Waals surface area contributed by atoms with E-state index in [-0.39, 0.29) is 15.4 Å². The van der Waals surface area contributed by atoms with E-state index in [0.29, 0.717) is 11.3 Å². The number of sulfone groups is 1. The van der Waals surface area contributed by atoms with Gasteiger partial charge in [-0.05, 0) is 24.0 Å². The molecule has 0 bridgehead atoms. The number of rotatable bonds is 3. The summed E-state index contributed by atoms with van der Waals surface area (Å²) in [6, 6.07) is 4.48. The van der Waals surface area contributed by atoms with Crippen LogP contribution in [0, 0.1) is 0 Å². The van der Waals surface area contributed by atoms with Gasteiger partial charge in [-0.2, -0.15) is 11.8 Å². The van der Waals surface area contributed by atoms with Crippen molar-refractivity contribution in [2.24, 2.45) is 0 Å². The highest BCUT2D eigenvalue weighted by Gasteiger charge is 2.33. The number of carbonyl (C=O) groups is 1. The van der Waals surface area contributed by atoms with Gasteiger partial charge in [-0.1, -0.05) is 12.1 Å². The van der Waals surface area contributed by atoms with Crippen LogP contribution >= 0.6 is 11.8 Å². The molecule has 0 saturated carbocycles. The zero-order chi connectivity index (χ0) is 12.6. The van der Waals surface area contributed by atoms with Crippen molar-refractivity contribution in [2.45, 2.75) is 4.90 Å². The molecule has 1 aliphatic rings. The van der Waals surface area contributed by atoms with Gasteiger partial charge in [0.05, 0.1) is 15.4 Å².